The molecule has 0 spiro atoms. The predicted octanol–water partition coefficient (Wildman–Crippen LogP) is 5.74. The van der Waals surface area contributed by atoms with Gasteiger partial charge in [-0.25, -0.2) is 14.0 Å². The van der Waals surface area contributed by atoms with E-state index in [0.29, 0.717) is 12.0 Å². The molecule has 4 rings (SSSR count). The first-order valence-corrected chi connectivity index (χ1v) is 12.0. The van der Waals surface area contributed by atoms with Crippen LogP contribution in [0.2, 0.25) is 0 Å². The number of nitrogens with zero attached hydrogens (tertiary/aromatic N) is 2. The van der Waals surface area contributed by atoms with Gasteiger partial charge in [-0.05, 0) is 67.5 Å². The van der Waals surface area contributed by atoms with Gasteiger partial charge in [-0.3, -0.25) is 9.88 Å². The zero-order valence-electron chi connectivity index (χ0n) is 21.0. The van der Waals surface area contributed by atoms with Gasteiger partial charge in [0.15, 0.2) is 0 Å². The lowest BCUT2D eigenvalue weighted by molar-refractivity contribution is -0.160. The Morgan fingerprint density at radius 1 is 1.03 bits per heavy atom. The van der Waals surface area contributed by atoms with Crippen molar-refractivity contribution in [3.8, 4) is 11.1 Å². The second kappa shape index (κ2) is 10.5. The molecule has 0 aliphatic heterocycles. The number of pyridine rings is 1. The molecule has 1 amide bonds. The monoisotopic (exact) mass is 490 g/mol. The summed E-state index contributed by atoms with van der Waals surface area (Å²) in [7, 11) is 1.53. The first-order chi connectivity index (χ1) is 17.1. The quantitative estimate of drug-likeness (QED) is 0.395. The first-order valence-electron chi connectivity index (χ1n) is 12.0. The van der Waals surface area contributed by atoms with Crippen molar-refractivity contribution in [3.63, 3.8) is 0 Å². The van der Waals surface area contributed by atoms with Gasteiger partial charge in [0, 0.05) is 19.2 Å². The van der Waals surface area contributed by atoms with E-state index in [1.165, 1.54) is 18.0 Å². The number of carbonyl (C=O) groups is 2. The average Bonchev–Trinajstić information content (AvgIpc) is 3.15. The molecule has 188 valence electrons. The first kappa shape index (κ1) is 25.4. The molecule has 0 fully saturated rings. The average molecular weight is 491 g/mol. The van der Waals surface area contributed by atoms with Crippen molar-refractivity contribution < 1.29 is 23.5 Å². The molecule has 1 unspecified atom stereocenters. The number of ether oxygens (including phenoxy) is 2. The number of halogens is 1. The lowest BCUT2D eigenvalue weighted by atomic mass is 9.98. The predicted molar refractivity (Wildman–Crippen MR) is 135 cm³/mol. The Kier molecular flexibility index (Phi) is 7.38. The molecule has 2 aromatic carbocycles. The zero-order valence-corrected chi connectivity index (χ0v) is 21.0. The van der Waals surface area contributed by atoms with Crippen LogP contribution in [-0.2, 0) is 20.7 Å². The lowest BCUT2D eigenvalue weighted by Gasteiger charge is -2.30. The summed E-state index contributed by atoms with van der Waals surface area (Å²) in [6, 6.07) is 16.7. The van der Waals surface area contributed by atoms with Gasteiger partial charge in [0.05, 0.1) is 6.20 Å². The van der Waals surface area contributed by atoms with Crippen molar-refractivity contribution in [2.24, 2.45) is 0 Å². The Hall–Kier alpha value is -3.74. The van der Waals surface area contributed by atoms with Crippen molar-refractivity contribution in [1.29, 1.82) is 0 Å². The Bertz CT molecular complexity index is 1210. The number of amides is 1. The second-order valence-electron chi connectivity index (χ2n) is 10.0. The summed E-state index contributed by atoms with van der Waals surface area (Å²) in [6.45, 7) is 5.45. The number of esters is 1. The van der Waals surface area contributed by atoms with Crippen molar-refractivity contribution in [1.82, 2.24) is 9.88 Å². The minimum atomic E-state index is -0.900. The van der Waals surface area contributed by atoms with Crippen LogP contribution >= 0.6 is 0 Å². The minimum absolute atomic E-state index is 0.0897. The van der Waals surface area contributed by atoms with E-state index in [0.717, 1.165) is 28.5 Å². The van der Waals surface area contributed by atoms with Gasteiger partial charge in [0.25, 0.3) is 0 Å². The maximum absolute atomic E-state index is 13.6. The number of aryl methyl sites for hydroxylation is 1. The van der Waals surface area contributed by atoms with Gasteiger partial charge in [-0.15, -0.1) is 0 Å². The molecule has 6 nitrogen and oxygen atoms in total. The number of carbonyl (C=O) groups excluding carboxylic acids is 2. The summed E-state index contributed by atoms with van der Waals surface area (Å²) in [5.41, 5.74) is 4.39. The molecule has 1 aromatic heterocycles. The van der Waals surface area contributed by atoms with Crippen molar-refractivity contribution in [3.05, 3.63) is 89.5 Å². The molecule has 1 aliphatic rings. The third kappa shape index (κ3) is 5.73. The molecule has 1 atom stereocenters. The van der Waals surface area contributed by atoms with E-state index in [1.807, 2.05) is 36.4 Å². The maximum Gasteiger partial charge on any atom is 0.410 e. The fourth-order valence-electron chi connectivity index (χ4n) is 4.56. The topological polar surface area (TPSA) is 68.7 Å². The Balaban J connectivity index is 1.48. The van der Waals surface area contributed by atoms with Crippen LogP contribution in [0.3, 0.4) is 0 Å². The standard InChI is InChI=1S/C29H31FN2O4/c1-29(2,3)36-27(33)26(14-13-19-15-20(30)17-31-16-19)32(4)28(34)35-18-25-23-11-7-5-9-21(23)22-10-6-8-12-24(22)25/h5-12,15-17,25-26H,13-14,18H2,1-4H3. The highest BCUT2D eigenvalue weighted by atomic mass is 19.1. The highest BCUT2D eigenvalue weighted by Gasteiger charge is 2.34. The number of hydrogen-bond donors (Lipinski definition) is 0. The zero-order chi connectivity index (χ0) is 25.9. The van der Waals surface area contributed by atoms with E-state index in [-0.39, 0.29) is 18.9 Å². The van der Waals surface area contributed by atoms with Crippen LogP contribution in [0.4, 0.5) is 9.18 Å². The Labute approximate surface area is 211 Å². The van der Waals surface area contributed by atoms with Crippen LogP contribution in [0.1, 0.15) is 49.8 Å². The summed E-state index contributed by atoms with van der Waals surface area (Å²) >= 11 is 0. The molecule has 1 heterocycles. The molecule has 0 N–H and O–H groups in total. The van der Waals surface area contributed by atoms with E-state index in [2.05, 4.69) is 17.1 Å². The largest absolute Gasteiger partial charge is 0.458 e. The van der Waals surface area contributed by atoms with Crippen LogP contribution in [0.25, 0.3) is 11.1 Å². The normalized spacial score (nSPS) is 13.5. The SMILES string of the molecule is CN(C(=O)OCC1c2ccccc2-c2ccccc21)C(CCc1cncc(F)c1)C(=O)OC(C)(C)C. The molecule has 1 aliphatic carbocycles. The van der Waals surface area contributed by atoms with Crippen molar-refractivity contribution in [2.45, 2.75) is 51.2 Å². The van der Waals surface area contributed by atoms with Crippen LogP contribution in [0.5, 0.6) is 0 Å². The molecule has 0 saturated carbocycles. The lowest BCUT2D eigenvalue weighted by Crippen LogP contribution is -2.46. The minimum Gasteiger partial charge on any atom is -0.458 e. The van der Waals surface area contributed by atoms with Gasteiger partial charge in [-0.2, -0.15) is 0 Å². The molecular formula is C29H31FN2O4. The molecule has 0 bridgehead atoms. The van der Waals surface area contributed by atoms with E-state index in [9.17, 15) is 14.0 Å². The smallest absolute Gasteiger partial charge is 0.410 e. The molecular weight excluding hydrogens is 459 g/mol. The van der Waals surface area contributed by atoms with Crippen LogP contribution in [0, 0.1) is 5.82 Å². The van der Waals surface area contributed by atoms with Crippen LogP contribution < -0.4 is 0 Å². The summed E-state index contributed by atoms with van der Waals surface area (Å²) < 4.78 is 24.9. The second-order valence-corrected chi connectivity index (χ2v) is 10.0. The van der Waals surface area contributed by atoms with Crippen molar-refractivity contribution in [2.75, 3.05) is 13.7 Å². The number of fused-ring (bicyclic) bond motifs is 3. The summed E-state index contributed by atoms with van der Waals surface area (Å²) in [5, 5.41) is 0. The number of likely N-dealkylation sites (N-methyl/N-ethyl adjacent to an activating group) is 1. The molecule has 3 aromatic rings. The van der Waals surface area contributed by atoms with Crippen LogP contribution in [-0.4, -0.2) is 47.2 Å². The van der Waals surface area contributed by atoms with Gasteiger partial charge in [0.1, 0.15) is 24.1 Å². The molecule has 36 heavy (non-hydrogen) atoms. The van der Waals surface area contributed by atoms with Gasteiger partial charge < -0.3 is 9.47 Å². The number of rotatable bonds is 7. The fourth-order valence-corrected chi connectivity index (χ4v) is 4.56. The summed E-state index contributed by atoms with van der Waals surface area (Å²) in [5.74, 6) is -1.08. The number of hydrogen-bond acceptors (Lipinski definition) is 5. The van der Waals surface area contributed by atoms with Crippen molar-refractivity contribution >= 4 is 12.1 Å². The third-order valence-corrected chi connectivity index (χ3v) is 6.24. The summed E-state index contributed by atoms with van der Waals surface area (Å²) in [4.78, 5) is 31.3. The maximum atomic E-state index is 13.6. The van der Waals surface area contributed by atoms with E-state index < -0.39 is 29.5 Å². The highest BCUT2D eigenvalue weighted by molar-refractivity contribution is 5.82. The van der Waals surface area contributed by atoms with E-state index in [4.69, 9.17) is 9.47 Å². The molecule has 0 saturated heterocycles. The fraction of sp³-hybridized carbons (Fsp3) is 0.345. The van der Waals surface area contributed by atoms with E-state index in [1.54, 1.807) is 27.0 Å². The highest BCUT2D eigenvalue weighted by Crippen LogP contribution is 2.44. The number of aromatic nitrogens is 1. The van der Waals surface area contributed by atoms with E-state index >= 15 is 0 Å². The number of benzene rings is 2. The summed E-state index contributed by atoms with van der Waals surface area (Å²) in [6.07, 6.45) is 2.63. The van der Waals surface area contributed by atoms with Gasteiger partial charge in [-0.1, -0.05) is 48.5 Å². The Morgan fingerprint density at radius 2 is 1.64 bits per heavy atom. The van der Waals surface area contributed by atoms with Gasteiger partial charge >= 0.3 is 12.1 Å². The molecule has 0 radical (unpaired) electrons. The molecule has 7 heteroatoms. The van der Waals surface area contributed by atoms with Crippen LogP contribution in [0.15, 0.2) is 67.0 Å². The van der Waals surface area contributed by atoms with Gasteiger partial charge in [0.2, 0.25) is 0 Å². The third-order valence-electron chi connectivity index (χ3n) is 6.24. The Morgan fingerprint density at radius 3 is 2.22 bits per heavy atom.